The van der Waals surface area contributed by atoms with Crippen LogP contribution in [0.5, 0.6) is 0 Å². The van der Waals surface area contributed by atoms with Crippen molar-refractivity contribution in [2.75, 3.05) is 5.73 Å². The van der Waals surface area contributed by atoms with E-state index in [4.69, 9.17) is 10.3 Å². The second-order valence-electron chi connectivity index (χ2n) is 6.78. The number of nitrogen functional groups attached to an aromatic ring is 1. The number of H-pyrrole nitrogens is 1. The number of benzene rings is 1. The molecule has 0 aliphatic heterocycles. The van der Waals surface area contributed by atoms with Crippen molar-refractivity contribution in [3.05, 3.63) is 71.4 Å². The lowest BCUT2D eigenvalue weighted by molar-refractivity contribution is 0.103. The summed E-state index contributed by atoms with van der Waals surface area (Å²) in [5, 5.41) is 4.35. The first kappa shape index (κ1) is 19.1. The van der Waals surface area contributed by atoms with Crippen LogP contribution in [-0.4, -0.2) is 25.9 Å². The Bertz CT molecular complexity index is 1470. The molecule has 0 spiro atoms. The summed E-state index contributed by atoms with van der Waals surface area (Å²) in [6.07, 6.45) is 3.03. The number of aromatic nitrogens is 4. The van der Waals surface area contributed by atoms with E-state index in [1.165, 1.54) is 17.5 Å². The van der Waals surface area contributed by atoms with Crippen LogP contribution in [0.2, 0.25) is 0 Å². The van der Waals surface area contributed by atoms with Gasteiger partial charge in [0.25, 0.3) is 0 Å². The zero-order chi connectivity index (χ0) is 21.7. The van der Waals surface area contributed by atoms with Crippen LogP contribution in [0.1, 0.15) is 21.8 Å². The third-order valence-corrected chi connectivity index (χ3v) is 5.89. The molecule has 0 saturated carbocycles. The maximum absolute atomic E-state index is 14.4. The molecule has 154 valence electrons. The van der Waals surface area contributed by atoms with Crippen LogP contribution in [0.4, 0.5) is 14.5 Å². The second-order valence-corrected chi connectivity index (χ2v) is 7.86. The standard InChI is InChI=1S/C21H13F2N5O2S/c1-9-27-21(28-30-9)16-5-4-15(31-16)10-6-11-12(8-26-20(11)25-7-10)19(29)17-13(22)2-3-14(24)18(17)23/h2-8H,24H2,1H3,(H,25,26). The number of aryl methyl sites for hydroxylation is 1. The molecule has 0 bridgehead atoms. The van der Waals surface area contributed by atoms with Crippen molar-refractivity contribution >= 4 is 33.8 Å². The first-order chi connectivity index (χ1) is 14.9. The highest BCUT2D eigenvalue weighted by molar-refractivity contribution is 7.18. The van der Waals surface area contributed by atoms with Gasteiger partial charge in [0.05, 0.1) is 16.1 Å². The van der Waals surface area contributed by atoms with Gasteiger partial charge in [0.2, 0.25) is 17.5 Å². The van der Waals surface area contributed by atoms with Crippen molar-refractivity contribution in [1.82, 2.24) is 20.1 Å². The molecule has 0 radical (unpaired) electrons. The first-order valence-corrected chi connectivity index (χ1v) is 9.90. The van der Waals surface area contributed by atoms with Crippen LogP contribution in [-0.2, 0) is 0 Å². The van der Waals surface area contributed by atoms with Gasteiger partial charge in [-0.05, 0) is 30.3 Å². The number of aromatic amines is 1. The average Bonchev–Trinajstić information content (AvgIpc) is 3.49. The van der Waals surface area contributed by atoms with Gasteiger partial charge >= 0.3 is 0 Å². The average molecular weight is 437 g/mol. The van der Waals surface area contributed by atoms with Crippen molar-refractivity contribution < 1.29 is 18.1 Å². The minimum absolute atomic E-state index is 0.0957. The number of ketones is 1. The van der Waals surface area contributed by atoms with E-state index in [-0.39, 0.29) is 11.3 Å². The normalized spacial score (nSPS) is 11.3. The molecular weight excluding hydrogens is 424 g/mol. The van der Waals surface area contributed by atoms with Crippen molar-refractivity contribution in [2.24, 2.45) is 0 Å². The zero-order valence-corrected chi connectivity index (χ0v) is 16.8. The Morgan fingerprint density at radius 1 is 1.19 bits per heavy atom. The van der Waals surface area contributed by atoms with Crippen LogP contribution in [0.15, 0.2) is 47.2 Å². The summed E-state index contributed by atoms with van der Waals surface area (Å²) in [6, 6.07) is 7.52. The molecular formula is C21H13F2N5O2S. The van der Waals surface area contributed by atoms with Gasteiger partial charge in [-0.1, -0.05) is 5.16 Å². The lowest BCUT2D eigenvalue weighted by Crippen LogP contribution is -2.09. The molecule has 0 aliphatic rings. The number of anilines is 1. The van der Waals surface area contributed by atoms with Gasteiger partial charge in [-0.15, -0.1) is 11.3 Å². The summed E-state index contributed by atoms with van der Waals surface area (Å²) in [5.74, 6) is -1.94. The van der Waals surface area contributed by atoms with Crippen LogP contribution >= 0.6 is 11.3 Å². The van der Waals surface area contributed by atoms with Crippen molar-refractivity contribution in [1.29, 1.82) is 0 Å². The van der Waals surface area contributed by atoms with Crippen LogP contribution in [0.25, 0.3) is 32.2 Å². The lowest BCUT2D eigenvalue weighted by atomic mass is 10.0. The number of carbonyl (C=O) groups is 1. The molecule has 1 aromatic carbocycles. The highest BCUT2D eigenvalue weighted by atomic mass is 32.1. The van der Waals surface area contributed by atoms with E-state index in [1.807, 2.05) is 12.1 Å². The summed E-state index contributed by atoms with van der Waals surface area (Å²) < 4.78 is 33.6. The van der Waals surface area contributed by atoms with Gasteiger partial charge in [0.15, 0.2) is 5.82 Å². The fourth-order valence-electron chi connectivity index (χ4n) is 3.25. The molecule has 7 nitrogen and oxygen atoms in total. The molecule has 31 heavy (non-hydrogen) atoms. The zero-order valence-electron chi connectivity index (χ0n) is 15.9. The summed E-state index contributed by atoms with van der Waals surface area (Å²) in [5.41, 5.74) is 5.76. The Morgan fingerprint density at radius 2 is 2.00 bits per heavy atom. The Morgan fingerprint density at radius 3 is 2.77 bits per heavy atom. The third kappa shape index (κ3) is 3.17. The summed E-state index contributed by atoms with van der Waals surface area (Å²) >= 11 is 1.42. The molecule has 4 heterocycles. The predicted octanol–water partition coefficient (Wildman–Crippen LogP) is 4.74. The fraction of sp³-hybridized carbons (Fsp3) is 0.0476. The number of nitrogens with two attached hydrogens (primary N) is 1. The highest BCUT2D eigenvalue weighted by Crippen LogP contribution is 2.35. The third-order valence-electron chi connectivity index (χ3n) is 4.76. The number of hydrogen-bond donors (Lipinski definition) is 2. The minimum Gasteiger partial charge on any atom is -0.396 e. The monoisotopic (exact) mass is 437 g/mol. The van der Waals surface area contributed by atoms with Crippen LogP contribution < -0.4 is 5.73 Å². The van der Waals surface area contributed by atoms with E-state index in [9.17, 15) is 13.6 Å². The van der Waals surface area contributed by atoms with Crippen molar-refractivity contribution in [2.45, 2.75) is 6.92 Å². The first-order valence-electron chi connectivity index (χ1n) is 9.08. The van der Waals surface area contributed by atoms with Gasteiger partial charge in [-0.3, -0.25) is 4.79 Å². The number of fused-ring (bicyclic) bond motifs is 1. The van der Waals surface area contributed by atoms with Gasteiger partial charge in [0, 0.05) is 40.7 Å². The largest absolute Gasteiger partial charge is 0.396 e. The van der Waals surface area contributed by atoms with E-state index < -0.39 is 23.0 Å². The Kier molecular flexibility index (Phi) is 4.36. The molecule has 0 saturated heterocycles. The Balaban J connectivity index is 1.58. The number of carbonyl (C=O) groups excluding carboxylic acids is 1. The Hall–Kier alpha value is -3.92. The number of halogens is 2. The predicted molar refractivity (Wildman–Crippen MR) is 112 cm³/mol. The maximum atomic E-state index is 14.4. The molecule has 5 rings (SSSR count). The maximum Gasteiger partial charge on any atom is 0.223 e. The lowest BCUT2D eigenvalue weighted by Gasteiger charge is -2.06. The SMILES string of the molecule is Cc1nc(-c2ccc(-c3cnc4[nH]cc(C(=O)c5c(F)ccc(N)c5F)c4c3)s2)no1. The van der Waals surface area contributed by atoms with E-state index in [0.717, 1.165) is 27.5 Å². The van der Waals surface area contributed by atoms with Crippen LogP contribution in [0, 0.1) is 18.6 Å². The van der Waals surface area contributed by atoms with Gasteiger partial charge < -0.3 is 15.2 Å². The van der Waals surface area contributed by atoms with Gasteiger partial charge in [0.1, 0.15) is 11.5 Å². The van der Waals surface area contributed by atoms with Crippen LogP contribution in [0.3, 0.4) is 0 Å². The number of pyridine rings is 1. The number of nitrogens with zero attached hydrogens (tertiary/aromatic N) is 3. The minimum atomic E-state index is -1.08. The second kappa shape index (κ2) is 7.10. The molecule has 4 aromatic heterocycles. The van der Waals surface area contributed by atoms with Gasteiger partial charge in [-0.25, -0.2) is 13.8 Å². The smallest absolute Gasteiger partial charge is 0.223 e. The Labute approximate surface area is 177 Å². The summed E-state index contributed by atoms with van der Waals surface area (Å²) in [7, 11) is 0. The molecule has 0 aliphatic carbocycles. The van der Waals surface area contributed by atoms with Gasteiger partial charge in [-0.2, -0.15) is 4.98 Å². The molecule has 5 aromatic rings. The van der Waals surface area contributed by atoms with E-state index >= 15 is 0 Å². The summed E-state index contributed by atoms with van der Waals surface area (Å²) in [4.78, 5) is 26.0. The molecule has 3 N–H and O–H groups in total. The quantitative estimate of drug-likeness (QED) is 0.310. The van der Waals surface area contributed by atoms with Crippen molar-refractivity contribution in [3.8, 4) is 21.1 Å². The van der Waals surface area contributed by atoms with E-state index in [1.54, 1.807) is 19.2 Å². The molecule has 10 heteroatoms. The number of nitrogens with one attached hydrogen (secondary N) is 1. The summed E-state index contributed by atoms with van der Waals surface area (Å²) in [6.45, 7) is 1.71. The molecule has 0 fully saturated rings. The molecule has 0 amide bonds. The topological polar surface area (TPSA) is 111 Å². The fourth-order valence-corrected chi connectivity index (χ4v) is 4.16. The van der Waals surface area contributed by atoms with Crippen molar-refractivity contribution in [3.63, 3.8) is 0 Å². The van der Waals surface area contributed by atoms with E-state index in [2.05, 4.69) is 20.1 Å². The number of rotatable bonds is 4. The highest BCUT2D eigenvalue weighted by Gasteiger charge is 2.24. The number of hydrogen-bond acceptors (Lipinski definition) is 7. The van der Waals surface area contributed by atoms with E-state index in [0.29, 0.717) is 22.7 Å². The molecule has 0 unspecified atom stereocenters. The number of thiophene rings is 1. The molecule has 0 atom stereocenters.